The van der Waals surface area contributed by atoms with Crippen molar-refractivity contribution in [3.05, 3.63) is 52.5 Å². The van der Waals surface area contributed by atoms with Gasteiger partial charge < -0.3 is 19.5 Å². The standard InChI is InChI=1S/C21H23ClN2O4/c1-26-18-6-4-17(5-7-18)23-21(25)19-3-2-8-24(19)11-14-9-16(22)10-15-12-27-13-28-20(14)15/h4-7,9-10,19H,2-3,8,11-13H2,1H3,(H,23,25). The number of amides is 1. The van der Waals surface area contributed by atoms with E-state index in [9.17, 15) is 4.79 Å². The van der Waals surface area contributed by atoms with Gasteiger partial charge in [-0.1, -0.05) is 11.6 Å². The fourth-order valence-corrected chi connectivity index (χ4v) is 4.07. The summed E-state index contributed by atoms with van der Waals surface area (Å²) in [6.07, 6.45) is 1.81. The number of benzene rings is 2. The third kappa shape index (κ3) is 4.09. The molecule has 2 aliphatic rings. The molecule has 2 aliphatic heterocycles. The molecule has 0 radical (unpaired) electrons. The van der Waals surface area contributed by atoms with Crippen LogP contribution in [-0.2, 0) is 22.7 Å². The highest BCUT2D eigenvalue weighted by Crippen LogP contribution is 2.34. The molecule has 0 aromatic heterocycles. The number of anilines is 1. The van der Waals surface area contributed by atoms with E-state index in [0.717, 1.165) is 47.7 Å². The zero-order valence-electron chi connectivity index (χ0n) is 15.7. The molecule has 2 heterocycles. The molecule has 0 aliphatic carbocycles. The second-order valence-corrected chi connectivity index (χ2v) is 7.45. The Bertz CT molecular complexity index is 856. The van der Waals surface area contributed by atoms with E-state index in [1.807, 2.05) is 36.4 Å². The monoisotopic (exact) mass is 402 g/mol. The number of nitrogens with one attached hydrogen (secondary N) is 1. The van der Waals surface area contributed by atoms with Gasteiger partial charge in [0.1, 0.15) is 11.5 Å². The summed E-state index contributed by atoms with van der Waals surface area (Å²) in [6, 6.07) is 11.0. The van der Waals surface area contributed by atoms with Crippen LogP contribution in [0, 0.1) is 0 Å². The van der Waals surface area contributed by atoms with Crippen LogP contribution >= 0.6 is 11.6 Å². The largest absolute Gasteiger partial charge is 0.497 e. The van der Waals surface area contributed by atoms with Crippen molar-refractivity contribution < 1.29 is 19.0 Å². The van der Waals surface area contributed by atoms with Gasteiger partial charge in [0.05, 0.1) is 19.8 Å². The first kappa shape index (κ1) is 19.1. The van der Waals surface area contributed by atoms with Crippen LogP contribution < -0.4 is 14.8 Å². The van der Waals surface area contributed by atoms with Crippen molar-refractivity contribution >= 4 is 23.2 Å². The first-order chi connectivity index (χ1) is 13.6. The highest BCUT2D eigenvalue weighted by Gasteiger charge is 2.32. The molecule has 28 heavy (non-hydrogen) atoms. The molecule has 1 atom stereocenters. The van der Waals surface area contributed by atoms with Gasteiger partial charge in [-0.2, -0.15) is 0 Å². The topological polar surface area (TPSA) is 60.0 Å². The van der Waals surface area contributed by atoms with E-state index < -0.39 is 0 Å². The maximum atomic E-state index is 12.9. The molecule has 1 fully saturated rings. The van der Waals surface area contributed by atoms with Gasteiger partial charge in [-0.05, 0) is 55.8 Å². The van der Waals surface area contributed by atoms with Gasteiger partial charge in [-0.15, -0.1) is 0 Å². The Morgan fingerprint density at radius 2 is 2.14 bits per heavy atom. The summed E-state index contributed by atoms with van der Waals surface area (Å²) in [7, 11) is 1.62. The number of hydrogen-bond acceptors (Lipinski definition) is 5. The summed E-state index contributed by atoms with van der Waals surface area (Å²) in [4.78, 5) is 15.0. The van der Waals surface area contributed by atoms with Crippen molar-refractivity contribution in [1.29, 1.82) is 0 Å². The molecule has 1 amide bonds. The summed E-state index contributed by atoms with van der Waals surface area (Å²) in [5.41, 5.74) is 2.71. The third-order valence-electron chi connectivity index (χ3n) is 5.15. The number of carbonyl (C=O) groups is 1. The van der Waals surface area contributed by atoms with Crippen molar-refractivity contribution in [1.82, 2.24) is 4.90 Å². The highest BCUT2D eigenvalue weighted by molar-refractivity contribution is 6.30. The van der Waals surface area contributed by atoms with E-state index in [1.54, 1.807) is 7.11 Å². The molecule has 4 rings (SSSR count). The molecule has 1 saturated heterocycles. The Kier molecular flexibility index (Phi) is 5.71. The zero-order chi connectivity index (χ0) is 19.5. The quantitative estimate of drug-likeness (QED) is 0.823. The summed E-state index contributed by atoms with van der Waals surface area (Å²) < 4.78 is 16.2. The molecule has 0 bridgehead atoms. The van der Waals surface area contributed by atoms with Crippen LogP contribution in [0.2, 0.25) is 5.02 Å². The minimum atomic E-state index is -0.184. The summed E-state index contributed by atoms with van der Waals surface area (Å²) in [5.74, 6) is 1.59. The highest BCUT2D eigenvalue weighted by atomic mass is 35.5. The number of ether oxygens (including phenoxy) is 3. The fourth-order valence-electron chi connectivity index (χ4n) is 3.81. The lowest BCUT2D eigenvalue weighted by Gasteiger charge is -2.27. The molecule has 7 heteroatoms. The predicted octanol–water partition coefficient (Wildman–Crippen LogP) is 3.82. The van der Waals surface area contributed by atoms with E-state index >= 15 is 0 Å². The van der Waals surface area contributed by atoms with Crippen molar-refractivity contribution in [3.8, 4) is 11.5 Å². The Labute approximate surface area is 169 Å². The van der Waals surface area contributed by atoms with Gasteiger partial charge in [-0.25, -0.2) is 0 Å². The molecule has 6 nitrogen and oxygen atoms in total. The van der Waals surface area contributed by atoms with Crippen molar-refractivity contribution in [3.63, 3.8) is 0 Å². The summed E-state index contributed by atoms with van der Waals surface area (Å²) in [6.45, 7) is 2.20. The van der Waals surface area contributed by atoms with Crippen LogP contribution in [0.25, 0.3) is 0 Å². The minimum Gasteiger partial charge on any atom is -0.497 e. The van der Waals surface area contributed by atoms with E-state index in [2.05, 4.69) is 10.2 Å². The number of fused-ring (bicyclic) bond motifs is 1. The molecule has 1 unspecified atom stereocenters. The first-order valence-electron chi connectivity index (χ1n) is 9.35. The number of hydrogen-bond donors (Lipinski definition) is 1. The van der Waals surface area contributed by atoms with Crippen LogP contribution in [0.15, 0.2) is 36.4 Å². The van der Waals surface area contributed by atoms with Crippen LogP contribution in [0.3, 0.4) is 0 Å². The van der Waals surface area contributed by atoms with Crippen molar-refractivity contribution in [2.24, 2.45) is 0 Å². The molecule has 1 N–H and O–H groups in total. The molecular weight excluding hydrogens is 380 g/mol. The lowest BCUT2D eigenvalue weighted by atomic mass is 10.1. The minimum absolute atomic E-state index is 0.00261. The van der Waals surface area contributed by atoms with Gasteiger partial charge in [0.25, 0.3) is 0 Å². The average molecular weight is 403 g/mol. The molecular formula is C21H23ClN2O4. The number of methoxy groups -OCH3 is 1. The van der Waals surface area contributed by atoms with Gasteiger partial charge in [0, 0.05) is 28.4 Å². The second-order valence-electron chi connectivity index (χ2n) is 7.01. The predicted molar refractivity (Wildman–Crippen MR) is 107 cm³/mol. The number of likely N-dealkylation sites (tertiary alicyclic amines) is 1. The number of rotatable bonds is 5. The molecule has 2 aromatic carbocycles. The zero-order valence-corrected chi connectivity index (χ0v) is 16.5. The van der Waals surface area contributed by atoms with Crippen LogP contribution in [0.1, 0.15) is 24.0 Å². The van der Waals surface area contributed by atoms with Crippen LogP contribution in [0.4, 0.5) is 5.69 Å². The molecule has 148 valence electrons. The van der Waals surface area contributed by atoms with E-state index in [0.29, 0.717) is 18.2 Å². The van der Waals surface area contributed by atoms with Crippen molar-refractivity contribution in [2.75, 3.05) is 25.8 Å². The maximum Gasteiger partial charge on any atom is 0.241 e. The fraction of sp³-hybridized carbons (Fsp3) is 0.381. The van der Waals surface area contributed by atoms with E-state index in [1.165, 1.54) is 0 Å². The van der Waals surface area contributed by atoms with Crippen LogP contribution in [0.5, 0.6) is 11.5 Å². The van der Waals surface area contributed by atoms with Gasteiger partial charge in [0.15, 0.2) is 6.79 Å². The Morgan fingerprint density at radius 3 is 2.93 bits per heavy atom. The third-order valence-corrected chi connectivity index (χ3v) is 5.37. The summed E-state index contributed by atoms with van der Waals surface area (Å²) in [5, 5.41) is 3.67. The average Bonchev–Trinajstić information content (AvgIpc) is 3.17. The first-order valence-corrected chi connectivity index (χ1v) is 9.72. The van der Waals surface area contributed by atoms with Crippen LogP contribution in [-0.4, -0.2) is 37.3 Å². The lowest BCUT2D eigenvalue weighted by molar-refractivity contribution is -0.120. The maximum absolute atomic E-state index is 12.9. The van der Waals surface area contributed by atoms with Gasteiger partial charge in [-0.3, -0.25) is 9.69 Å². The van der Waals surface area contributed by atoms with Gasteiger partial charge in [0.2, 0.25) is 5.91 Å². The van der Waals surface area contributed by atoms with E-state index in [4.69, 9.17) is 25.8 Å². The number of halogens is 1. The van der Waals surface area contributed by atoms with Gasteiger partial charge >= 0.3 is 0 Å². The normalized spacial score (nSPS) is 19.0. The molecule has 0 saturated carbocycles. The number of nitrogens with zero attached hydrogens (tertiary/aromatic N) is 1. The van der Waals surface area contributed by atoms with Crippen molar-refractivity contribution in [2.45, 2.75) is 32.0 Å². The smallest absolute Gasteiger partial charge is 0.241 e. The summed E-state index contributed by atoms with van der Waals surface area (Å²) >= 11 is 6.28. The Hall–Kier alpha value is -2.28. The lowest BCUT2D eigenvalue weighted by Crippen LogP contribution is -2.39. The SMILES string of the molecule is COc1ccc(NC(=O)C2CCCN2Cc2cc(Cl)cc3c2OCOC3)cc1. The Balaban J connectivity index is 1.48. The number of carbonyl (C=O) groups excluding carboxylic acids is 1. The Morgan fingerprint density at radius 1 is 1.32 bits per heavy atom. The van der Waals surface area contributed by atoms with E-state index in [-0.39, 0.29) is 18.7 Å². The second kappa shape index (κ2) is 8.39. The molecule has 2 aromatic rings. The molecule has 0 spiro atoms.